The lowest BCUT2D eigenvalue weighted by atomic mass is 9.98. The minimum atomic E-state index is -2.83. The van der Waals surface area contributed by atoms with Crippen molar-refractivity contribution in [2.45, 2.75) is 0 Å². The molecule has 11 aromatic carbocycles. The summed E-state index contributed by atoms with van der Waals surface area (Å²) >= 11 is 0. The van der Waals surface area contributed by atoms with Gasteiger partial charge in [-0.2, -0.15) is 0 Å². The van der Waals surface area contributed by atoms with Crippen LogP contribution in [0.3, 0.4) is 0 Å². The Morgan fingerprint density at radius 2 is 0.714 bits per heavy atom. The Labute approximate surface area is 407 Å². The number of aromatic nitrogens is 3. The maximum absolute atomic E-state index is 2.83. The van der Waals surface area contributed by atoms with E-state index in [2.05, 4.69) is 287 Å². The first-order chi connectivity index (χ1) is 34.8. The van der Waals surface area contributed by atoms with Crippen molar-refractivity contribution in [3.63, 3.8) is 0 Å². The minimum absolute atomic E-state index is 1.14. The molecule has 3 aromatic heterocycles. The fourth-order valence-electron chi connectivity index (χ4n) is 11.9. The highest BCUT2D eigenvalue weighted by molar-refractivity contribution is 7.19. The Hall–Kier alpha value is -8.96. The number of fused-ring (bicyclic) bond motifs is 9. The molecule has 328 valence electrons. The Morgan fingerprint density at radius 3 is 1.37 bits per heavy atom. The van der Waals surface area contributed by atoms with E-state index in [0.717, 1.165) is 17.1 Å². The van der Waals surface area contributed by atoms with Crippen LogP contribution < -0.4 is 20.7 Å². The SMILES string of the molecule is c1ccc(-n2c3ccccc3c3cc(-c4cccc5c4c4ccccc4n5-c4cccc5c6ccccc6n(-c6cccc([Si](c7ccccc7)(c7ccccc7)c7ccccc7)c6)c45)ccc32)cc1. The van der Waals surface area contributed by atoms with Gasteiger partial charge in [-0.25, -0.2) is 0 Å². The van der Waals surface area contributed by atoms with Gasteiger partial charge in [0.1, 0.15) is 0 Å². The lowest BCUT2D eigenvalue weighted by molar-refractivity contribution is 1.13. The van der Waals surface area contributed by atoms with E-state index < -0.39 is 8.07 Å². The van der Waals surface area contributed by atoms with Crippen molar-refractivity contribution in [3.8, 4) is 28.2 Å². The first-order valence-electron chi connectivity index (χ1n) is 24.2. The van der Waals surface area contributed by atoms with Crippen LogP contribution in [0.15, 0.2) is 273 Å². The minimum Gasteiger partial charge on any atom is -0.309 e. The highest BCUT2D eigenvalue weighted by Crippen LogP contribution is 2.43. The normalized spacial score (nSPS) is 12.0. The molecule has 0 radical (unpaired) electrons. The molecule has 0 saturated heterocycles. The molecule has 0 fully saturated rings. The van der Waals surface area contributed by atoms with E-state index in [1.807, 2.05) is 0 Å². The molecule has 70 heavy (non-hydrogen) atoms. The van der Waals surface area contributed by atoms with Gasteiger partial charge in [-0.05, 0) is 98.6 Å². The van der Waals surface area contributed by atoms with Crippen LogP contribution in [-0.2, 0) is 0 Å². The van der Waals surface area contributed by atoms with Crippen LogP contribution >= 0.6 is 0 Å². The van der Waals surface area contributed by atoms with Crippen LogP contribution in [0.25, 0.3) is 93.6 Å². The zero-order valence-corrected chi connectivity index (χ0v) is 39.3. The van der Waals surface area contributed by atoms with Gasteiger partial charge in [-0.15, -0.1) is 0 Å². The average molecular weight is 908 g/mol. The number of hydrogen-bond acceptors (Lipinski definition) is 0. The molecular weight excluding hydrogens is 863 g/mol. The van der Waals surface area contributed by atoms with Crippen LogP contribution in [0.1, 0.15) is 0 Å². The third kappa shape index (κ3) is 5.94. The summed E-state index contributed by atoms with van der Waals surface area (Å²) in [5, 5.41) is 12.8. The number of benzene rings is 11. The first kappa shape index (κ1) is 40.1. The van der Waals surface area contributed by atoms with E-state index in [1.54, 1.807) is 0 Å². The average Bonchev–Trinajstić information content (AvgIpc) is 4.08. The molecule has 0 bridgehead atoms. The summed E-state index contributed by atoms with van der Waals surface area (Å²) in [5.74, 6) is 0. The molecular formula is C66H45N3Si. The van der Waals surface area contributed by atoms with E-state index in [-0.39, 0.29) is 0 Å². The molecule has 0 spiro atoms. The van der Waals surface area contributed by atoms with E-state index >= 15 is 0 Å². The maximum Gasteiger partial charge on any atom is 0.179 e. The highest BCUT2D eigenvalue weighted by atomic mass is 28.3. The Bertz CT molecular complexity index is 4180. The van der Waals surface area contributed by atoms with Gasteiger partial charge in [0.2, 0.25) is 0 Å². The number of rotatable bonds is 8. The molecule has 4 heteroatoms. The molecule has 14 rings (SSSR count). The summed E-state index contributed by atoms with van der Waals surface area (Å²) in [6.07, 6.45) is 0. The van der Waals surface area contributed by atoms with Gasteiger partial charge in [0.05, 0.1) is 38.8 Å². The third-order valence-electron chi connectivity index (χ3n) is 14.8. The van der Waals surface area contributed by atoms with Crippen LogP contribution in [-0.4, -0.2) is 21.8 Å². The summed E-state index contributed by atoms with van der Waals surface area (Å²) in [6.45, 7) is 0. The fraction of sp³-hybridized carbons (Fsp3) is 0. The molecule has 0 unspecified atom stereocenters. The van der Waals surface area contributed by atoms with Crippen molar-refractivity contribution in [1.29, 1.82) is 0 Å². The lowest BCUT2D eigenvalue weighted by Crippen LogP contribution is -2.74. The van der Waals surface area contributed by atoms with Gasteiger partial charge < -0.3 is 13.7 Å². The van der Waals surface area contributed by atoms with E-state index in [4.69, 9.17) is 0 Å². The van der Waals surface area contributed by atoms with Gasteiger partial charge in [0, 0.05) is 43.7 Å². The standard InChI is InChI=1S/C66H45N3Si/c1-5-22-47(23-6-1)67-59-37-16-14-33-55(59)58-44-46(42-43-62(58)67)53-35-20-40-63-65(53)57-34-15-18-39-61(57)69(63)64-41-21-36-56-54-32-13-17-38-60(54)68(66(56)64)48-24-19-31-52(45-48)70(49-25-7-2-8-26-49,50-27-9-3-10-28-50)51-29-11-4-12-30-51/h1-45H. The topological polar surface area (TPSA) is 14.8 Å². The molecule has 0 aliphatic rings. The molecule has 0 aliphatic heterocycles. The zero-order chi connectivity index (χ0) is 46.2. The van der Waals surface area contributed by atoms with E-state index in [1.165, 1.54) is 97.3 Å². The van der Waals surface area contributed by atoms with Crippen LogP contribution in [0.5, 0.6) is 0 Å². The molecule has 0 saturated carbocycles. The Balaban J connectivity index is 1.02. The summed E-state index contributed by atoms with van der Waals surface area (Å²) in [7, 11) is -2.83. The first-order valence-corrected chi connectivity index (χ1v) is 26.2. The second-order valence-corrected chi connectivity index (χ2v) is 22.2. The van der Waals surface area contributed by atoms with Gasteiger partial charge in [0.15, 0.2) is 8.07 Å². The van der Waals surface area contributed by atoms with Gasteiger partial charge in [-0.1, -0.05) is 206 Å². The Kier molecular flexibility index (Phi) is 9.23. The third-order valence-corrected chi connectivity index (χ3v) is 19.5. The van der Waals surface area contributed by atoms with Crippen molar-refractivity contribution >= 4 is 94.2 Å². The molecule has 0 N–H and O–H groups in total. The van der Waals surface area contributed by atoms with Crippen molar-refractivity contribution in [2.75, 3.05) is 0 Å². The smallest absolute Gasteiger partial charge is 0.179 e. The second-order valence-electron chi connectivity index (χ2n) is 18.4. The number of hydrogen-bond donors (Lipinski definition) is 0. The van der Waals surface area contributed by atoms with E-state index in [9.17, 15) is 0 Å². The van der Waals surface area contributed by atoms with Crippen LogP contribution in [0, 0.1) is 0 Å². The van der Waals surface area contributed by atoms with E-state index in [0.29, 0.717) is 0 Å². The summed E-state index contributed by atoms with van der Waals surface area (Å²) in [5.41, 5.74) is 13.0. The molecule has 3 heterocycles. The van der Waals surface area contributed by atoms with Crippen molar-refractivity contribution in [2.24, 2.45) is 0 Å². The van der Waals surface area contributed by atoms with Gasteiger partial charge >= 0.3 is 0 Å². The number of para-hydroxylation sites is 5. The Morgan fingerprint density at radius 1 is 0.257 bits per heavy atom. The summed E-state index contributed by atoms with van der Waals surface area (Å²) in [4.78, 5) is 0. The molecule has 0 aliphatic carbocycles. The molecule has 0 atom stereocenters. The van der Waals surface area contributed by atoms with Gasteiger partial charge in [-0.3, -0.25) is 0 Å². The van der Waals surface area contributed by atoms with Crippen molar-refractivity contribution in [3.05, 3.63) is 273 Å². The van der Waals surface area contributed by atoms with Crippen LogP contribution in [0.4, 0.5) is 0 Å². The predicted octanol–water partition coefficient (Wildman–Crippen LogP) is 14.0. The van der Waals surface area contributed by atoms with Crippen molar-refractivity contribution in [1.82, 2.24) is 13.7 Å². The predicted molar refractivity (Wildman–Crippen MR) is 299 cm³/mol. The number of nitrogens with zero attached hydrogens (tertiary/aromatic N) is 3. The zero-order valence-electron chi connectivity index (χ0n) is 38.3. The molecule has 0 amide bonds. The highest BCUT2D eigenvalue weighted by Gasteiger charge is 2.41. The lowest BCUT2D eigenvalue weighted by Gasteiger charge is -2.34. The maximum atomic E-state index is 2.53. The molecule has 3 nitrogen and oxygen atoms in total. The quantitative estimate of drug-likeness (QED) is 0.107. The largest absolute Gasteiger partial charge is 0.309 e. The second kappa shape index (κ2) is 16.1. The summed E-state index contributed by atoms with van der Waals surface area (Å²) in [6, 6.07) is 101. The van der Waals surface area contributed by atoms with Gasteiger partial charge in [0.25, 0.3) is 0 Å². The fourth-order valence-corrected chi connectivity index (χ4v) is 16.7. The van der Waals surface area contributed by atoms with Crippen molar-refractivity contribution < 1.29 is 0 Å². The van der Waals surface area contributed by atoms with Crippen LogP contribution in [0.2, 0.25) is 0 Å². The molecule has 14 aromatic rings. The summed E-state index contributed by atoms with van der Waals surface area (Å²) < 4.78 is 7.44. The monoisotopic (exact) mass is 907 g/mol.